The van der Waals surface area contributed by atoms with Crippen molar-refractivity contribution in [1.29, 1.82) is 0 Å². The van der Waals surface area contributed by atoms with Gasteiger partial charge in [0.2, 0.25) is 5.78 Å². The molecule has 0 fully saturated rings. The van der Waals surface area contributed by atoms with E-state index in [2.05, 4.69) is 21.0 Å². The van der Waals surface area contributed by atoms with Gasteiger partial charge in [-0.3, -0.25) is 9.48 Å². The van der Waals surface area contributed by atoms with E-state index in [1.165, 1.54) is 12.1 Å². The Labute approximate surface area is 123 Å². The molecule has 1 aromatic carbocycles. The van der Waals surface area contributed by atoms with Crippen molar-refractivity contribution >= 4 is 33.3 Å². The normalized spacial score (nSPS) is 10.7. The van der Waals surface area contributed by atoms with Crippen LogP contribution in [0.1, 0.15) is 29.4 Å². The maximum absolute atomic E-state index is 13.4. The van der Waals surface area contributed by atoms with Crippen LogP contribution < -0.4 is 0 Å². The molecule has 0 spiro atoms. The molecule has 1 heterocycles. The first-order chi connectivity index (χ1) is 9.04. The summed E-state index contributed by atoms with van der Waals surface area (Å²) in [6.07, 6.45) is 2.42. The Morgan fingerprint density at radius 2 is 2.26 bits per heavy atom. The van der Waals surface area contributed by atoms with Crippen LogP contribution in [0.5, 0.6) is 0 Å². The molecule has 19 heavy (non-hydrogen) atoms. The van der Waals surface area contributed by atoms with Crippen LogP contribution in [-0.2, 0) is 6.54 Å². The number of benzene rings is 1. The second-order valence-electron chi connectivity index (χ2n) is 4.02. The number of aryl methyl sites for hydroxylation is 1. The number of halogens is 3. The predicted molar refractivity (Wildman–Crippen MR) is 75.1 cm³/mol. The van der Waals surface area contributed by atoms with Crippen molar-refractivity contribution in [2.75, 3.05) is 0 Å². The standard InChI is InChI=1S/C13H11BrClFN2O/c1-2-5-18-12(9(14)7-17-18)13(19)8-3-4-10(15)11(16)6-8/h3-4,6-7H,2,5H2,1H3. The van der Waals surface area contributed by atoms with Gasteiger partial charge in [0.15, 0.2) is 0 Å². The summed E-state index contributed by atoms with van der Waals surface area (Å²) in [5.74, 6) is -0.890. The molecule has 3 nitrogen and oxygen atoms in total. The highest BCUT2D eigenvalue weighted by Crippen LogP contribution is 2.22. The Hall–Kier alpha value is -1.20. The van der Waals surface area contributed by atoms with Crippen molar-refractivity contribution < 1.29 is 9.18 Å². The van der Waals surface area contributed by atoms with E-state index in [-0.39, 0.29) is 16.4 Å². The summed E-state index contributed by atoms with van der Waals surface area (Å²) >= 11 is 8.90. The van der Waals surface area contributed by atoms with Gasteiger partial charge in [-0.25, -0.2) is 4.39 Å². The molecule has 6 heteroatoms. The summed E-state index contributed by atoms with van der Waals surface area (Å²) in [6.45, 7) is 2.62. The highest BCUT2D eigenvalue weighted by molar-refractivity contribution is 9.10. The molecule has 0 aliphatic carbocycles. The van der Waals surface area contributed by atoms with Crippen LogP contribution in [0.4, 0.5) is 4.39 Å². The molecule has 0 atom stereocenters. The van der Waals surface area contributed by atoms with Crippen LogP contribution in [0, 0.1) is 5.82 Å². The van der Waals surface area contributed by atoms with Gasteiger partial charge in [-0.05, 0) is 40.5 Å². The topological polar surface area (TPSA) is 34.9 Å². The van der Waals surface area contributed by atoms with Crippen molar-refractivity contribution in [3.63, 3.8) is 0 Å². The Kier molecular flexibility index (Phi) is 4.37. The van der Waals surface area contributed by atoms with Crippen LogP contribution in [0.15, 0.2) is 28.9 Å². The van der Waals surface area contributed by atoms with E-state index in [4.69, 9.17) is 11.6 Å². The van der Waals surface area contributed by atoms with E-state index in [1.807, 2.05) is 6.92 Å². The first-order valence-corrected chi connectivity index (χ1v) is 6.92. The maximum atomic E-state index is 13.4. The van der Waals surface area contributed by atoms with Gasteiger partial charge >= 0.3 is 0 Å². The van der Waals surface area contributed by atoms with Gasteiger partial charge in [-0.1, -0.05) is 18.5 Å². The lowest BCUT2D eigenvalue weighted by Crippen LogP contribution is -2.12. The minimum absolute atomic E-state index is 0.00215. The number of hydrogen-bond donors (Lipinski definition) is 0. The second-order valence-corrected chi connectivity index (χ2v) is 5.28. The molecule has 0 amide bonds. The van der Waals surface area contributed by atoms with E-state index >= 15 is 0 Å². The highest BCUT2D eigenvalue weighted by atomic mass is 79.9. The third-order valence-electron chi connectivity index (χ3n) is 2.63. The van der Waals surface area contributed by atoms with Gasteiger partial charge in [-0.15, -0.1) is 0 Å². The van der Waals surface area contributed by atoms with Crippen LogP contribution in [0.2, 0.25) is 5.02 Å². The SMILES string of the molecule is CCCn1ncc(Br)c1C(=O)c1ccc(Cl)c(F)c1. The molecule has 1 aromatic heterocycles. The average molecular weight is 346 g/mol. The largest absolute Gasteiger partial charge is 0.287 e. The monoisotopic (exact) mass is 344 g/mol. The lowest BCUT2D eigenvalue weighted by Gasteiger charge is -2.06. The molecule has 0 bridgehead atoms. The Bertz CT molecular complexity index is 627. The predicted octanol–water partition coefficient (Wildman–Crippen LogP) is 4.08. The number of carbonyl (C=O) groups excluding carboxylic acids is 1. The van der Waals surface area contributed by atoms with Crippen molar-refractivity contribution in [3.05, 3.63) is 51.0 Å². The Morgan fingerprint density at radius 1 is 1.53 bits per heavy atom. The van der Waals surface area contributed by atoms with Gasteiger partial charge in [0.05, 0.1) is 15.7 Å². The first kappa shape index (κ1) is 14.2. The summed E-state index contributed by atoms with van der Waals surface area (Å²) in [4.78, 5) is 12.4. The van der Waals surface area contributed by atoms with Crippen LogP contribution >= 0.6 is 27.5 Å². The zero-order valence-corrected chi connectivity index (χ0v) is 12.5. The number of nitrogens with zero attached hydrogens (tertiary/aromatic N) is 2. The first-order valence-electron chi connectivity index (χ1n) is 5.75. The van der Waals surface area contributed by atoms with E-state index in [0.717, 1.165) is 12.5 Å². The van der Waals surface area contributed by atoms with Crippen LogP contribution in [-0.4, -0.2) is 15.6 Å². The third-order valence-corrected chi connectivity index (χ3v) is 3.51. The smallest absolute Gasteiger partial charge is 0.212 e. The number of ketones is 1. The summed E-state index contributed by atoms with van der Waals surface area (Å²) in [7, 11) is 0. The Balaban J connectivity index is 2.43. The van der Waals surface area contributed by atoms with E-state index in [9.17, 15) is 9.18 Å². The van der Waals surface area contributed by atoms with Gasteiger partial charge < -0.3 is 0 Å². The lowest BCUT2D eigenvalue weighted by molar-refractivity contribution is 0.102. The Morgan fingerprint density at radius 3 is 2.89 bits per heavy atom. The fraction of sp³-hybridized carbons (Fsp3) is 0.231. The molecule has 0 aliphatic heterocycles. The van der Waals surface area contributed by atoms with Crippen molar-refractivity contribution in [1.82, 2.24) is 9.78 Å². The second kappa shape index (κ2) is 5.84. The average Bonchev–Trinajstić information content (AvgIpc) is 2.74. The zero-order chi connectivity index (χ0) is 14.0. The molecule has 0 saturated heterocycles. The van der Waals surface area contributed by atoms with Gasteiger partial charge in [0.1, 0.15) is 11.5 Å². The molecule has 0 unspecified atom stereocenters. The van der Waals surface area contributed by atoms with Crippen LogP contribution in [0.25, 0.3) is 0 Å². The fourth-order valence-corrected chi connectivity index (χ4v) is 2.34. The highest BCUT2D eigenvalue weighted by Gasteiger charge is 2.19. The summed E-state index contributed by atoms with van der Waals surface area (Å²) in [5, 5.41) is 4.12. The zero-order valence-electron chi connectivity index (χ0n) is 10.2. The molecule has 0 saturated carbocycles. The van der Waals surface area contributed by atoms with E-state index in [1.54, 1.807) is 10.9 Å². The number of aromatic nitrogens is 2. The van der Waals surface area contributed by atoms with Crippen molar-refractivity contribution in [3.8, 4) is 0 Å². The molecule has 100 valence electrons. The molecule has 0 radical (unpaired) electrons. The molecular formula is C13H11BrClFN2O. The van der Waals surface area contributed by atoms with Crippen molar-refractivity contribution in [2.45, 2.75) is 19.9 Å². The minimum atomic E-state index is -0.606. The van der Waals surface area contributed by atoms with Gasteiger partial charge in [0, 0.05) is 12.1 Å². The maximum Gasteiger partial charge on any atom is 0.212 e. The fourth-order valence-electron chi connectivity index (χ4n) is 1.74. The number of carbonyl (C=O) groups is 1. The van der Waals surface area contributed by atoms with Gasteiger partial charge in [-0.2, -0.15) is 5.10 Å². The molecule has 2 aromatic rings. The number of hydrogen-bond acceptors (Lipinski definition) is 2. The number of rotatable bonds is 4. The molecule has 0 aliphatic rings. The van der Waals surface area contributed by atoms with Gasteiger partial charge in [0.25, 0.3) is 0 Å². The quantitative estimate of drug-likeness (QED) is 0.783. The van der Waals surface area contributed by atoms with E-state index in [0.29, 0.717) is 16.7 Å². The third kappa shape index (κ3) is 2.87. The summed E-state index contributed by atoms with van der Waals surface area (Å²) in [6, 6.07) is 4.02. The molecular weight excluding hydrogens is 335 g/mol. The summed E-state index contributed by atoms with van der Waals surface area (Å²) < 4.78 is 15.6. The lowest BCUT2D eigenvalue weighted by atomic mass is 10.1. The minimum Gasteiger partial charge on any atom is -0.287 e. The molecule has 0 N–H and O–H groups in total. The van der Waals surface area contributed by atoms with E-state index < -0.39 is 5.82 Å². The van der Waals surface area contributed by atoms with Crippen molar-refractivity contribution in [2.24, 2.45) is 0 Å². The molecule has 2 rings (SSSR count). The summed E-state index contributed by atoms with van der Waals surface area (Å²) in [5.41, 5.74) is 0.670. The van der Waals surface area contributed by atoms with Crippen LogP contribution in [0.3, 0.4) is 0 Å².